The number of phenols is 1. The molecular formula is C12H13NO2. The van der Waals surface area contributed by atoms with E-state index in [2.05, 4.69) is 4.98 Å². The number of hydrogen-bond donors (Lipinski definition) is 2. The molecule has 0 saturated heterocycles. The molecule has 0 radical (unpaired) electrons. The Morgan fingerprint density at radius 3 is 2.80 bits per heavy atom. The lowest BCUT2D eigenvalue weighted by molar-refractivity contribution is 0.288. The summed E-state index contributed by atoms with van der Waals surface area (Å²) < 4.78 is 0. The predicted octanol–water partition coefficient (Wildman–Crippen LogP) is 1.87. The van der Waals surface area contributed by atoms with Gasteiger partial charge in [-0.25, -0.2) is 4.98 Å². The normalized spacial score (nSPS) is 10.7. The minimum Gasteiger partial charge on any atom is -0.506 e. The van der Waals surface area contributed by atoms with E-state index in [1.807, 2.05) is 18.2 Å². The number of rotatable bonds is 3. The van der Waals surface area contributed by atoms with Gasteiger partial charge >= 0.3 is 0 Å². The monoisotopic (exact) mass is 203 g/mol. The third kappa shape index (κ3) is 2.07. The molecule has 0 spiro atoms. The van der Waals surface area contributed by atoms with Crippen molar-refractivity contribution < 1.29 is 10.2 Å². The number of pyridine rings is 1. The fourth-order valence-corrected chi connectivity index (χ4v) is 1.57. The van der Waals surface area contributed by atoms with E-state index in [0.717, 1.165) is 17.5 Å². The first-order valence-electron chi connectivity index (χ1n) is 5.00. The van der Waals surface area contributed by atoms with Gasteiger partial charge in [-0.1, -0.05) is 18.2 Å². The number of hydrogen-bond acceptors (Lipinski definition) is 3. The molecule has 1 heterocycles. The van der Waals surface area contributed by atoms with Crippen LogP contribution in [0.4, 0.5) is 0 Å². The van der Waals surface area contributed by atoms with E-state index < -0.39 is 0 Å². The van der Waals surface area contributed by atoms with Crippen molar-refractivity contribution >= 4 is 10.9 Å². The van der Waals surface area contributed by atoms with Gasteiger partial charge in [0.1, 0.15) is 11.3 Å². The number of aryl methyl sites for hydroxylation is 1. The quantitative estimate of drug-likeness (QED) is 0.800. The van der Waals surface area contributed by atoms with E-state index in [-0.39, 0.29) is 12.4 Å². The van der Waals surface area contributed by atoms with Gasteiger partial charge in [0.05, 0.1) is 0 Å². The lowest BCUT2D eigenvalue weighted by Crippen LogP contribution is -1.93. The number of aromatic nitrogens is 1. The van der Waals surface area contributed by atoms with Crippen molar-refractivity contribution in [2.45, 2.75) is 12.8 Å². The van der Waals surface area contributed by atoms with E-state index in [1.165, 1.54) is 0 Å². The number of nitrogens with zero attached hydrogens (tertiary/aromatic N) is 1. The average molecular weight is 203 g/mol. The van der Waals surface area contributed by atoms with Crippen molar-refractivity contribution in [2.75, 3.05) is 6.61 Å². The van der Waals surface area contributed by atoms with Crippen LogP contribution in [-0.4, -0.2) is 21.8 Å². The number of benzene rings is 1. The second-order valence-electron chi connectivity index (χ2n) is 3.48. The van der Waals surface area contributed by atoms with E-state index in [0.29, 0.717) is 11.9 Å². The summed E-state index contributed by atoms with van der Waals surface area (Å²) in [7, 11) is 0. The number of aliphatic hydroxyl groups is 1. The predicted molar refractivity (Wildman–Crippen MR) is 58.8 cm³/mol. The van der Waals surface area contributed by atoms with Crippen LogP contribution in [0.1, 0.15) is 12.1 Å². The highest BCUT2D eigenvalue weighted by Gasteiger charge is 2.02. The van der Waals surface area contributed by atoms with Crippen LogP contribution in [0.3, 0.4) is 0 Å². The number of aromatic hydroxyl groups is 1. The Labute approximate surface area is 88.0 Å². The van der Waals surface area contributed by atoms with Gasteiger partial charge in [-0.3, -0.25) is 0 Å². The molecule has 1 aromatic carbocycles. The highest BCUT2D eigenvalue weighted by molar-refractivity contribution is 5.84. The van der Waals surface area contributed by atoms with Crippen LogP contribution < -0.4 is 0 Å². The second kappa shape index (κ2) is 4.28. The zero-order valence-corrected chi connectivity index (χ0v) is 8.35. The summed E-state index contributed by atoms with van der Waals surface area (Å²) in [5.74, 6) is 0.207. The molecule has 0 aliphatic carbocycles. The Hall–Kier alpha value is -1.61. The lowest BCUT2D eigenvalue weighted by Gasteiger charge is -2.03. The maximum Gasteiger partial charge on any atom is 0.141 e. The molecule has 78 valence electrons. The average Bonchev–Trinajstić information content (AvgIpc) is 2.27. The molecule has 0 aliphatic rings. The molecule has 0 unspecified atom stereocenters. The fraction of sp³-hybridized carbons (Fsp3) is 0.250. The summed E-state index contributed by atoms with van der Waals surface area (Å²) >= 11 is 0. The lowest BCUT2D eigenvalue weighted by atomic mass is 10.1. The molecule has 0 saturated carbocycles. The molecule has 3 nitrogen and oxygen atoms in total. The standard InChI is InChI=1S/C12H13NO2/c14-8-2-4-10-7-6-9-3-1-5-11(15)12(9)13-10/h1,3,5-7,14-15H,2,4,8H2. The van der Waals surface area contributed by atoms with Gasteiger partial charge in [-0.15, -0.1) is 0 Å². The number of para-hydroxylation sites is 1. The molecule has 1 aromatic heterocycles. The van der Waals surface area contributed by atoms with E-state index in [1.54, 1.807) is 12.1 Å². The van der Waals surface area contributed by atoms with E-state index in [9.17, 15) is 5.11 Å². The molecule has 0 aliphatic heterocycles. The maximum atomic E-state index is 9.61. The largest absolute Gasteiger partial charge is 0.506 e. The first-order valence-corrected chi connectivity index (χ1v) is 5.00. The number of aliphatic hydroxyl groups excluding tert-OH is 1. The molecule has 2 N–H and O–H groups in total. The fourth-order valence-electron chi connectivity index (χ4n) is 1.57. The molecule has 3 heteroatoms. The zero-order chi connectivity index (χ0) is 10.7. The molecule has 2 rings (SSSR count). The Kier molecular flexibility index (Phi) is 2.83. The topological polar surface area (TPSA) is 53.4 Å². The molecule has 15 heavy (non-hydrogen) atoms. The van der Waals surface area contributed by atoms with Gasteiger partial charge in [0, 0.05) is 17.7 Å². The van der Waals surface area contributed by atoms with Gasteiger partial charge in [0.15, 0.2) is 0 Å². The van der Waals surface area contributed by atoms with Crippen LogP contribution >= 0.6 is 0 Å². The van der Waals surface area contributed by atoms with Crippen molar-refractivity contribution in [3.05, 3.63) is 36.0 Å². The summed E-state index contributed by atoms with van der Waals surface area (Å²) in [6.45, 7) is 0.167. The molecule has 0 amide bonds. The SMILES string of the molecule is OCCCc1ccc2cccc(O)c2n1. The first-order chi connectivity index (χ1) is 7.31. The minimum atomic E-state index is 0.167. The van der Waals surface area contributed by atoms with Crippen LogP contribution in [0.5, 0.6) is 5.75 Å². The second-order valence-corrected chi connectivity index (χ2v) is 3.48. The van der Waals surface area contributed by atoms with Crippen LogP contribution in [0.15, 0.2) is 30.3 Å². The van der Waals surface area contributed by atoms with Gasteiger partial charge in [-0.2, -0.15) is 0 Å². The molecule has 2 aromatic rings. The smallest absolute Gasteiger partial charge is 0.141 e. The van der Waals surface area contributed by atoms with Gasteiger partial charge in [0.2, 0.25) is 0 Å². The zero-order valence-electron chi connectivity index (χ0n) is 8.35. The Morgan fingerprint density at radius 2 is 2.00 bits per heavy atom. The third-order valence-electron chi connectivity index (χ3n) is 2.35. The molecule has 0 fully saturated rings. The van der Waals surface area contributed by atoms with Crippen LogP contribution in [0.2, 0.25) is 0 Å². The van der Waals surface area contributed by atoms with Crippen molar-refractivity contribution in [3.8, 4) is 5.75 Å². The van der Waals surface area contributed by atoms with Gasteiger partial charge in [-0.05, 0) is 25.0 Å². The molecule has 0 bridgehead atoms. The van der Waals surface area contributed by atoms with Crippen molar-refractivity contribution in [1.82, 2.24) is 4.98 Å². The summed E-state index contributed by atoms with van der Waals surface area (Å²) in [5.41, 5.74) is 1.53. The van der Waals surface area contributed by atoms with Gasteiger partial charge in [0.25, 0.3) is 0 Å². The molecular weight excluding hydrogens is 190 g/mol. The van der Waals surface area contributed by atoms with Crippen LogP contribution in [0, 0.1) is 0 Å². The highest BCUT2D eigenvalue weighted by Crippen LogP contribution is 2.22. The van der Waals surface area contributed by atoms with Crippen LogP contribution in [-0.2, 0) is 6.42 Å². The van der Waals surface area contributed by atoms with Crippen molar-refractivity contribution in [3.63, 3.8) is 0 Å². The van der Waals surface area contributed by atoms with E-state index >= 15 is 0 Å². The molecule has 0 atom stereocenters. The van der Waals surface area contributed by atoms with Crippen molar-refractivity contribution in [1.29, 1.82) is 0 Å². The third-order valence-corrected chi connectivity index (χ3v) is 2.35. The maximum absolute atomic E-state index is 9.61. The summed E-state index contributed by atoms with van der Waals surface area (Å²) in [5, 5.41) is 19.3. The summed E-state index contributed by atoms with van der Waals surface area (Å²) in [4.78, 5) is 4.35. The minimum absolute atomic E-state index is 0.167. The highest BCUT2D eigenvalue weighted by atomic mass is 16.3. The number of fused-ring (bicyclic) bond motifs is 1. The van der Waals surface area contributed by atoms with E-state index in [4.69, 9.17) is 5.11 Å². The van der Waals surface area contributed by atoms with Gasteiger partial charge < -0.3 is 10.2 Å². The Bertz CT molecular complexity index is 468. The van der Waals surface area contributed by atoms with Crippen molar-refractivity contribution in [2.24, 2.45) is 0 Å². The Morgan fingerprint density at radius 1 is 1.13 bits per heavy atom. The Balaban J connectivity index is 2.41. The number of phenolic OH excluding ortho intramolecular Hbond substituents is 1. The summed E-state index contributed by atoms with van der Waals surface area (Å²) in [6, 6.07) is 9.21. The van der Waals surface area contributed by atoms with Crippen LogP contribution in [0.25, 0.3) is 10.9 Å². The first kappa shape index (κ1) is 9.93. The summed E-state index contributed by atoms with van der Waals surface area (Å²) in [6.07, 6.45) is 1.44.